The van der Waals surface area contributed by atoms with Gasteiger partial charge in [-0.2, -0.15) is 0 Å². The molecule has 4 rings (SSSR count). The Morgan fingerprint density at radius 3 is 2.59 bits per heavy atom. The maximum absolute atomic E-state index is 12.4. The van der Waals surface area contributed by atoms with Crippen LogP contribution in [0.2, 0.25) is 0 Å². The molecule has 27 heavy (non-hydrogen) atoms. The van der Waals surface area contributed by atoms with Gasteiger partial charge in [-0.15, -0.1) is 0 Å². The van der Waals surface area contributed by atoms with Crippen molar-refractivity contribution < 1.29 is 28.2 Å². The lowest BCUT2D eigenvalue weighted by Crippen LogP contribution is -2.49. The number of hydrogen-bond acceptors (Lipinski definition) is 6. The van der Waals surface area contributed by atoms with Crippen molar-refractivity contribution >= 4 is 17.9 Å². The Balaban J connectivity index is 1.26. The average molecular weight is 372 g/mol. The fourth-order valence-corrected chi connectivity index (χ4v) is 3.18. The molecule has 0 aliphatic carbocycles. The van der Waals surface area contributed by atoms with Crippen molar-refractivity contribution in [2.24, 2.45) is 0 Å². The average Bonchev–Trinajstić information content (AvgIpc) is 3.32. The third-order valence-electron chi connectivity index (χ3n) is 4.78. The molecule has 2 saturated heterocycles. The van der Waals surface area contributed by atoms with E-state index < -0.39 is 11.8 Å². The van der Waals surface area contributed by atoms with Gasteiger partial charge in [0, 0.05) is 31.6 Å². The summed E-state index contributed by atoms with van der Waals surface area (Å²) in [5.41, 5.74) is 0.113. The van der Waals surface area contributed by atoms with Crippen molar-refractivity contribution in [2.75, 3.05) is 25.0 Å². The largest absolute Gasteiger partial charge is 0.509 e. The molecule has 2 aromatic rings. The van der Waals surface area contributed by atoms with Gasteiger partial charge in [0.25, 0.3) is 0 Å². The van der Waals surface area contributed by atoms with E-state index in [9.17, 15) is 9.59 Å². The van der Waals surface area contributed by atoms with Crippen molar-refractivity contribution in [3.05, 3.63) is 48.4 Å². The summed E-state index contributed by atoms with van der Waals surface area (Å²) in [6.45, 7) is 1.63. The molecule has 1 aromatic carbocycles. The minimum absolute atomic E-state index is 0.181. The lowest BCUT2D eigenvalue weighted by atomic mass is 9.92. The zero-order valence-electron chi connectivity index (χ0n) is 14.7. The normalized spacial score (nSPS) is 18.1. The van der Waals surface area contributed by atoms with Crippen LogP contribution in [-0.2, 0) is 16.1 Å². The Hall–Kier alpha value is -3.16. The summed E-state index contributed by atoms with van der Waals surface area (Å²) >= 11 is 0. The van der Waals surface area contributed by atoms with Crippen LogP contribution < -0.4 is 10.1 Å². The van der Waals surface area contributed by atoms with Crippen LogP contribution in [0.25, 0.3) is 0 Å². The highest BCUT2D eigenvalue weighted by Crippen LogP contribution is 2.31. The second kappa shape index (κ2) is 7.22. The van der Waals surface area contributed by atoms with Crippen LogP contribution >= 0.6 is 0 Å². The zero-order valence-corrected chi connectivity index (χ0v) is 14.7. The van der Waals surface area contributed by atoms with Crippen molar-refractivity contribution in [2.45, 2.75) is 25.0 Å². The van der Waals surface area contributed by atoms with Gasteiger partial charge in [0.15, 0.2) is 5.60 Å². The number of piperidine rings is 1. The van der Waals surface area contributed by atoms with Crippen LogP contribution in [0.5, 0.6) is 5.75 Å². The lowest BCUT2D eigenvalue weighted by molar-refractivity contribution is 0.0106. The monoisotopic (exact) mass is 372 g/mol. The predicted octanol–water partition coefficient (Wildman–Crippen LogP) is 3.39. The highest BCUT2D eigenvalue weighted by atomic mass is 16.8. The molecule has 8 nitrogen and oxygen atoms in total. The molecule has 0 atom stereocenters. The third kappa shape index (κ3) is 3.99. The summed E-state index contributed by atoms with van der Waals surface area (Å²) in [6.07, 6.45) is 2.13. The molecule has 1 aromatic heterocycles. The number of nitrogens with one attached hydrogen (secondary N) is 1. The van der Waals surface area contributed by atoms with E-state index in [4.69, 9.17) is 18.6 Å². The number of carbonyl (C=O) groups excluding carboxylic acids is 2. The minimum Gasteiger partial charge on any atom is -0.486 e. The molecule has 0 saturated carbocycles. The highest BCUT2D eigenvalue weighted by molar-refractivity contribution is 5.89. The minimum atomic E-state index is -0.623. The van der Waals surface area contributed by atoms with Crippen molar-refractivity contribution in [1.82, 2.24) is 4.90 Å². The highest BCUT2D eigenvalue weighted by Gasteiger charge is 2.45. The molecule has 0 bridgehead atoms. The summed E-state index contributed by atoms with van der Waals surface area (Å²) in [7, 11) is 0. The smallest absolute Gasteiger partial charge is 0.486 e. The van der Waals surface area contributed by atoms with E-state index in [2.05, 4.69) is 5.32 Å². The van der Waals surface area contributed by atoms with Gasteiger partial charge < -0.3 is 28.8 Å². The van der Waals surface area contributed by atoms with Gasteiger partial charge in [0.2, 0.25) is 0 Å². The number of rotatable bonds is 4. The van der Waals surface area contributed by atoms with Crippen LogP contribution in [0.1, 0.15) is 18.6 Å². The molecular weight excluding hydrogens is 352 g/mol. The van der Waals surface area contributed by atoms with E-state index in [1.165, 1.54) is 0 Å². The van der Waals surface area contributed by atoms with E-state index in [0.717, 1.165) is 5.76 Å². The number of cyclic esters (lactones) is 1. The molecule has 1 N–H and O–H groups in total. The SMILES string of the molecule is O=C1OCC2(CCN(C(=O)Nc3ccc(OCc4ccco4)cc3)CC2)O1. The summed E-state index contributed by atoms with van der Waals surface area (Å²) < 4.78 is 21.0. The topological polar surface area (TPSA) is 90.2 Å². The number of hydrogen-bond donors (Lipinski definition) is 1. The number of carbonyl (C=O) groups is 2. The molecule has 0 unspecified atom stereocenters. The molecule has 2 aliphatic rings. The number of ether oxygens (including phenoxy) is 3. The van der Waals surface area contributed by atoms with Gasteiger partial charge in [-0.3, -0.25) is 0 Å². The maximum Gasteiger partial charge on any atom is 0.509 e. The first-order chi connectivity index (χ1) is 13.1. The Kier molecular flexibility index (Phi) is 4.62. The van der Waals surface area contributed by atoms with E-state index in [1.54, 1.807) is 35.4 Å². The van der Waals surface area contributed by atoms with Crippen LogP contribution in [0.4, 0.5) is 15.3 Å². The van der Waals surface area contributed by atoms with E-state index >= 15 is 0 Å². The maximum atomic E-state index is 12.4. The predicted molar refractivity (Wildman–Crippen MR) is 94.5 cm³/mol. The molecule has 2 aliphatic heterocycles. The molecule has 0 radical (unpaired) electrons. The summed E-state index contributed by atoms with van der Waals surface area (Å²) in [5, 5.41) is 2.87. The summed E-state index contributed by atoms with van der Waals surface area (Å²) in [6, 6.07) is 10.6. The first-order valence-corrected chi connectivity index (χ1v) is 8.79. The molecular formula is C19H20N2O6. The summed E-state index contributed by atoms with van der Waals surface area (Å²) in [5.74, 6) is 1.43. The van der Waals surface area contributed by atoms with E-state index in [1.807, 2.05) is 12.1 Å². The van der Waals surface area contributed by atoms with Gasteiger partial charge in [-0.1, -0.05) is 0 Å². The van der Waals surface area contributed by atoms with Gasteiger partial charge in [-0.05, 0) is 36.4 Å². The first kappa shape index (κ1) is 17.3. The van der Waals surface area contributed by atoms with Crippen molar-refractivity contribution in [3.63, 3.8) is 0 Å². The first-order valence-electron chi connectivity index (χ1n) is 8.79. The second-order valence-corrected chi connectivity index (χ2v) is 6.63. The third-order valence-corrected chi connectivity index (χ3v) is 4.78. The molecule has 3 heterocycles. The molecule has 2 fully saturated rings. The number of nitrogens with zero attached hydrogens (tertiary/aromatic N) is 1. The van der Waals surface area contributed by atoms with Crippen LogP contribution in [0.15, 0.2) is 47.1 Å². The van der Waals surface area contributed by atoms with Gasteiger partial charge in [0.1, 0.15) is 24.7 Å². The Morgan fingerprint density at radius 1 is 1.19 bits per heavy atom. The second-order valence-electron chi connectivity index (χ2n) is 6.63. The fourth-order valence-electron chi connectivity index (χ4n) is 3.18. The van der Waals surface area contributed by atoms with Crippen LogP contribution in [0.3, 0.4) is 0 Å². The van der Waals surface area contributed by atoms with Crippen LogP contribution in [-0.4, -0.2) is 42.4 Å². The van der Waals surface area contributed by atoms with E-state index in [-0.39, 0.29) is 12.6 Å². The molecule has 2 amide bonds. The van der Waals surface area contributed by atoms with Gasteiger partial charge in [-0.25, -0.2) is 9.59 Å². The molecule has 142 valence electrons. The Morgan fingerprint density at radius 2 is 1.96 bits per heavy atom. The quantitative estimate of drug-likeness (QED) is 0.828. The van der Waals surface area contributed by atoms with Crippen molar-refractivity contribution in [3.8, 4) is 5.75 Å². The summed E-state index contributed by atoms with van der Waals surface area (Å²) in [4.78, 5) is 25.3. The molecule has 8 heteroatoms. The zero-order chi connectivity index (χ0) is 18.7. The number of likely N-dealkylation sites (tertiary alicyclic amines) is 1. The number of urea groups is 1. The number of amides is 2. The fraction of sp³-hybridized carbons (Fsp3) is 0.368. The number of anilines is 1. The standard InChI is InChI=1S/C19H20N2O6/c22-17(21-9-7-19(8-10-21)13-26-18(23)27-19)20-14-3-5-15(6-4-14)25-12-16-2-1-11-24-16/h1-6,11H,7-10,12-13H2,(H,20,22). The van der Waals surface area contributed by atoms with Gasteiger partial charge >= 0.3 is 12.2 Å². The Bertz CT molecular complexity index is 794. The number of benzene rings is 1. The Labute approximate surface area is 156 Å². The lowest BCUT2D eigenvalue weighted by Gasteiger charge is -2.36. The van der Waals surface area contributed by atoms with Crippen molar-refractivity contribution in [1.29, 1.82) is 0 Å². The molecule has 1 spiro atoms. The number of furan rings is 1. The van der Waals surface area contributed by atoms with E-state index in [0.29, 0.717) is 44.0 Å². The van der Waals surface area contributed by atoms with Crippen LogP contribution in [0, 0.1) is 0 Å². The van der Waals surface area contributed by atoms with Gasteiger partial charge in [0.05, 0.1) is 6.26 Å².